The molecule has 3 N–H and O–H groups in total. The van der Waals surface area contributed by atoms with E-state index in [1.54, 1.807) is 6.20 Å². The summed E-state index contributed by atoms with van der Waals surface area (Å²) in [5.74, 6) is 0.882. The van der Waals surface area contributed by atoms with E-state index in [0.717, 1.165) is 12.8 Å². The topological polar surface area (TPSA) is 78.3 Å². The summed E-state index contributed by atoms with van der Waals surface area (Å²) in [6, 6.07) is 0.204. The third kappa shape index (κ3) is 2.76. The molecule has 1 aliphatic carbocycles. The molecule has 1 heterocycles. The molecule has 0 aromatic carbocycles. The van der Waals surface area contributed by atoms with Gasteiger partial charge in [0.1, 0.15) is 5.82 Å². The van der Waals surface area contributed by atoms with E-state index < -0.39 is 0 Å². The minimum absolute atomic E-state index is 0.0827. The molecular weight excluding hydrogens is 250 g/mol. The summed E-state index contributed by atoms with van der Waals surface area (Å²) in [7, 11) is 0. The van der Waals surface area contributed by atoms with E-state index in [1.165, 1.54) is 11.8 Å². The third-order valence-electron chi connectivity index (χ3n) is 3.53. The van der Waals surface area contributed by atoms with Gasteiger partial charge in [-0.05, 0) is 19.1 Å². The lowest BCUT2D eigenvalue weighted by molar-refractivity contribution is 0.139. The maximum absolute atomic E-state index is 9.75. The highest BCUT2D eigenvalue weighted by Crippen LogP contribution is 2.29. The van der Waals surface area contributed by atoms with Crippen molar-refractivity contribution < 1.29 is 10.2 Å². The fourth-order valence-corrected chi connectivity index (χ4v) is 2.59. The van der Waals surface area contributed by atoms with Crippen molar-refractivity contribution >= 4 is 17.6 Å². The van der Waals surface area contributed by atoms with Gasteiger partial charge < -0.3 is 15.5 Å². The largest absolute Gasteiger partial charge is 0.393 e. The number of nitrogens with zero attached hydrogens (tertiary/aromatic N) is 2. The van der Waals surface area contributed by atoms with E-state index >= 15 is 0 Å². The van der Waals surface area contributed by atoms with Gasteiger partial charge in [0, 0.05) is 23.7 Å². The van der Waals surface area contributed by atoms with Crippen molar-refractivity contribution in [2.75, 3.05) is 11.6 Å². The third-order valence-corrected chi connectivity index (χ3v) is 4.09. The Labute approximate surface area is 111 Å². The van der Waals surface area contributed by atoms with Gasteiger partial charge in [-0.3, -0.25) is 0 Å². The van der Waals surface area contributed by atoms with Crippen molar-refractivity contribution in [1.29, 1.82) is 0 Å². The number of nitrogens with one attached hydrogen (secondary N) is 1. The number of rotatable bonds is 4. The molecule has 2 rings (SSSR count). The van der Waals surface area contributed by atoms with Crippen LogP contribution in [0.1, 0.15) is 25.3 Å². The van der Waals surface area contributed by atoms with E-state index in [1.807, 2.05) is 13.2 Å². The van der Waals surface area contributed by atoms with Gasteiger partial charge in [-0.15, -0.1) is 0 Å². The molecule has 1 aromatic heterocycles. The first-order valence-electron chi connectivity index (χ1n) is 6.11. The van der Waals surface area contributed by atoms with Crippen molar-refractivity contribution in [1.82, 2.24) is 9.97 Å². The SMILES string of the molecule is CSc1ncc(CO)c(N[C@@H]2CC[C@H](O)[C@@H]2C)n1. The van der Waals surface area contributed by atoms with Crippen LogP contribution in [0.15, 0.2) is 11.4 Å². The van der Waals surface area contributed by atoms with Gasteiger partial charge in [0.2, 0.25) is 0 Å². The Hall–Kier alpha value is -0.850. The molecule has 1 fully saturated rings. The van der Waals surface area contributed by atoms with Gasteiger partial charge in [-0.1, -0.05) is 18.7 Å². The van der Waals surface area contributed by atoms with Crippen LogP contribution in [-0.2, 0) is 6.61 Å². The van der Waals surface area contributed by atoms with Crippen molar-refractivity contribution in [2.45, 2.75) is 43.7 Å². The van der Waals surface area contributed by atoms with Crippen LogP contribution < -0.4 is 5.32 Å². The second-order valence-electron chi connectivity index (χ2n) is 4.64. The van der Waals surface area contributed by atoms with Gasteiger partial charge in [0.15, 0.2) is 5.16 Å². The molecule has 1 aliphatic rings. The van der Waals surface area contributed by atoms with Crippen molar-refractivity contribution in [3.05, 3.63) is 11.8 Å². The minimum atomic E-state index is -0.248. The highest BCUT2D eigenvalue weighted by atomic mass is 32.2. The molecule has 0 bridgehead atoms. The number of hydrogen-bond acceptors (Lipinski definition) is 6. The van der Waals surface area contributed by atoms with Crippen LogP contribution in [0.2, 0.25) is 0 Å². The van der Waals surface area contributed by atoms with Crippen LogP contribution in [0, 0.1) is 5.92 Å². The van der Waals surface area contributed by atoms with Crippen LogP contribution in [0.3, 0.4) is 0 Å². The Morgan fingerprint density at radius 1 is 1.50 bits per heavy atom. The van der Waals surface area contributed by atoms with Crippen LogP contribution in [0.25, 0.3) is 0 Å². The smallest absolute Gasteiger partial charge is 0.189 e. The first-order chi connectivity index (χ1) is 8.65. The second kappa shape index (κ2) is 5.86. The molecular formula is C12H19N3O2S. The molecule has 5 nitrogen and oxygen atoms in total. The van der Waals surface area contributed by atoms with Gasteiger partial charge in [0.05, 0.1) is 12.7 Å². The van der Waals surface area contributed by atoms with Crippen LogP contribution in [0.4, 0.5) is 5.82 Å². The lowest BCUT2D eigenvalue weighted by atomic mass is 10.0. The van der Waals surface area contributed by atoms with Crippen molar-refractivity contribution in [3.8, 4) is 0 Å². The van der Waals surface area contributed by atoms with Gasteiger partial charge >= 0.3 is 0 Å². The summed E-state index contributed by atoms with van der Waals surface area (Å²) in [6.07, 6.45) is 5.05. The van der Waals surface area contributed by atoms with Crippen molar-refractivity contribution in [3.63, 3.8) is 0 Å². The second-order valence-corrected chi connectivity index (χ2v) is 5.42. The molecule has 0 unspecified atom stereocenters. The Morgan fingerprint density at radius 3 is 2.83 bits per heavy atom. The monoisotopic (exact) mass is 269 g/mol. The van der Waals surface area contributed by atoms with E-state index in [-0.39, 0.29) is 24.7 Å². The molecule has 3 atom stereocenters. The van der Waals surface area contributed by atoms with Crippen LogP contribution >= 0.6 is 11.8 Å². The number of hydrogen-bond donors (Lipinski definition) is 3. The molecule has 0 saturated heterocycles. The molecule has 1 saturated carbocycles. The molecule has 0 aliphatic heterocycles. The van der Waals surface area contributed by atoms with Crippen molar-refractivity contribution in [2.24, 2.45) is 5.92 Å². The molecule has 0 spiro atoms. The first-order valence-corrected chi connectivity index (χ1v) is 7.33. The molecule has 0 amide bonds. The minimum Gasteiger partial charge on any atom is -0.393 e. The van der Waals surface area contributed by atoms with Gasteiger partial charge in [0.25, 0.3) is 0 Å². The van der Waals surface area contributed by atoms with Crippen LogP contribution in [-0.4, -0.2) is 38.6 Å². The Morgan fingerprint density at radius 2 is 2.28 bits per heavy atom. The maximum atomic E-state index is 9.75. The quantitative estimate of drug-likeness (QED) is 0.564. The summed E-state index contributed by atoms with van der Waals surface area (Å²) in [5.41, 5.74) is 0.696. The zero-order valence-corrected chi connectivity index (χ0v) is 11.4. The number of thioether (sulfide) groups is 1. The highest BCUT2D eigenvalue weighted by molar-refractivity contribution is 7.98. The van der Waals surface area contributed by atoms with E-state index in [0.29, 0.717) is 16.5 Å². The molecule has 6 heteroatoms. The number of aliphatic hydroxyl groups excluding tert-OH is 2. The number of anilines is 1. The predicted molar refractivity (Wildman–Crippen MR) is 71.6 cm³/mol. The normalized spacial score (nSPS) is 27.4. The Balaban J connectivity index is 2.17. The maximum Gasteiger partial charge on any atom is 0.189 e. The summed E-state index contributed by atoms with van der Waals surface area (Å²) in [4.78, 5) is 8.52. The molecule has 18 heavy (non-hydrogen) atoms. The number of aliphatic hydroxyl groups is 2. The lowest BCUT2D eigenvalue weighted by Gasteiger charge is -2.21. The van der Waals surface area contributed by atoms with E-state index in [9.17, 15) is 10.2 Å². The van der Waals surface area contributed by atoms with Crippen LogP contribution in [0.5, 0.6) is 0 Å². The Kier molecular flexibility index (Phi) is 4.42. The molecule has 100 valence electrons. The lowest BCUT2D eigenvalue weighted by Crippen LogP contribution is -2.27. The summed E-state index contributed by atoms with van der Waals surface area (Å²) in [5, 5.41) is 23.1. The Bertz CT molecular complexity index is 416. The standard InChI is InChI=1S/C12H19N3O2S/c1-7-9(3-4-10(7)17)14-11-8(6-16)5-13-12(15-11)18-2/h5,7,9-10,16-17H,3-4,6H2,1-2H3,(H,13,14,15)/t7-,9-,10+/m1/s1. The molecule has 1 aromatic rings. The zero-order valence-electron chi connectivity index (χ0n) is 10.6. The summed E-state index contributed by atoms with van der Waals surface area (Å²) in [6.45, 7) is 1.95. The molecule has 0 radical (unpaired) electrons. The fourth-order valence-electron chi connectivity index (χ4n) is 2.25. The summed E-state index contributed by atoms with van der Waals surface area (Å²) < 4.78 is 0. The number of aromatic nitrogens is 2. The summed E-state index contributed by atoms with van der Waals surface area (Å²) >= 11 is 1.47. The highest BCUT2D eigenvalue weighted by Gasteiger charge is 2.31. The van der Waals surface area contributed by atoms with Gasteiger partial charge in [-0.2, -0.15) is 0 Å². The first kappa shape index (κ1) is 13.6. The fraction of sp³-hybridized carbons (Fsp3) is 0.667. The zero-order chi connectivity index (χ0) is 13.1. The average molecular weight is 269 g/mol. The van der Waals surface area contributed by atoms with Gasteiger partial charge in [-0.25, -0.2) is 9.97 Å². The van der Waals surface area contributed by atoms with E-state index in [2.05, 4.69) is 15.3 Å². The predicted octanol–water partition coefficient (Wildman–Crippen LogP) is 1.26. The average Bonchev–Trinajstić information content (AvgIpc) is 2.70. The van der Waals surface area contributed by atoms with E-state index in [4.69, 9.17) is 0 Å².